The molecule has 0 aliphatic rings. The van der Waals surface area contributed by atoms with Crippen molar-refractivity contribution in [3.05, 3.63) is 53.6 Å². The van der Waals surface area contributed by atoms with Crippen molar-refractivity contribution in [2.45, 2.75) is 12.2 Å². The van der Waals surface area contributed by atoms with Gasteiger partial charge in [-0.3, -0.25) is 0 Å². The number of ether oxygens (including phenoxy) is 2. The summed E-state index contributed by atoms with van der Waals surface area (Å²) >= 11 is 0. The van der Waals surface area contributed by atoms with Crippen molar-refractivity contribution in [3.63, 3.8) is 0 Å². The molecular weight excluding hydrogens is 344 g/mol. The first kappa shape index (κ1) is 21.5. The van der Waals surface area contributed by atoms with Gasteiger partial charge in [-0.25, -0.2) is 9.59 Å². The number of esters is 2. The van der Waals surface area contributed by atoms with E-state index in [0.717, 1.165) is 5.56 Å². The van der Waals surface area contributed by atoms with Gasteiger partial charge in [-0.1, -0.05) is 42.5 Å². The molecule has 0 amide bonds. The number of carbonyl (C=O) groups excluding carboxylic acids is 2. The van der Waals surface area contributed by atoms with Crippen LogP contribution in [0, 0.1) is 0 Å². The largest absolute Gasteiger partial charge is 0.459 e. The van der Waals surface area contributed by atoms with E-state index >= 15 is 0 Å². The molecule has 26 heavy (non-hydrogen) atoms. The lowest BCUT2D eigenvalue weighted by atomic mass is 10.2. The van der Waals surface area contributed by atoms with Gasteiger partial charge in [-0.15, -0.1) is 0 Å². The topological polar surface area (TPSA) is 134 Å². The molecular formula is C18H22O8. The molecule has 0 bridgehead atoms. The van der Waals surface area contributed by atoms with E-state index in [-0.39, 0.29) is 0 Å². The number of aliphatic hydroxyl groups is 4. The van der Waals surface area contributed by atoms with Crippen molar-refractivity contribution < 1.29 is 39.5 Å². The van der Waals surface area contributed by atoms with Crippen LogP contribution in [0.4, 0.5) is 0 Å². The van der Waals surface area contributed by atoms with Crippen LogP contribution >= 0.6 is 0 Å². The summed E-state index contributed by atoms with van der Waals surface area (Å²) < 4.78 is 9.50. The number of rotatable bonds is 10. The zero-order valence-corrected chi connectivity index (χ0v) is 14.0. The minimum Gasteiger partial charge on any atom is -0.459 e. The maximum absolute atomic E-state index is 12.0. The molecule has 142 valence electrons. The van der Waals surface area contributed by atoms with Crippen LogP contribution in [0.15, 0.2) is 48.1 Å². The van der Waals surface area contributed by atoms with Gasteiger partial charge in [0.25, 0.3) is 0 Å². The lowest BCUT2D eigenvalue weighted by molar-refractivity contribution is -0.151. The summed E-state index contributed by atoms with van der Waals surface area (Å²) in [5.74, 6) is -2.11. The van der Waals surface area contributed by atoms with Crippen LogP contribution in [-0.2, 0) is 19.1 Å². The highest BCUT2D eigenvalue weighted by atomic mass is 16.6. The molecule has 1 rings (SSSR count). The molecule has 0 radical (unpaired) electrons. The number of benzene rings is 1. The van der Waals surface area contributed by atoms with E-state index in [9.17, 15) is 19.8 Å². The monoisotopic (exact) mass is 366 g/mol. The van der Waals surface area contributed by atoms with E-state index in [1.54, 1.807) is 6.08 Å². The van der Waals surface area contributed by atoms with Crippen molar-refractivity contribution in [1.82, 2.24) is 0 Å². The van der Waals surface area contributed by atoms with Crippen LogP contribution in [0.1, 0.15) is 5.56 Å². The third-order valence-corrected chi connectivity index (χ3v) is 3.03. The molecule has 8 nitrogen and oxygen atoms in total. The second kappa shape index (κ2) is 11.9. The van der Waals surface area contributed by atoms with Gasteiger partial charge >= 0.3 is 11.9 Å². The van der Waals surface area contributed by atoms with Gasteiger partial charge in [-0.05, 0) is 11.6 Å². The number of allylic oxidation sites excluding steroid dienone is 2. The number of aliphatic hydroxyl groups excluding tert-OH is 4. The fourth-order valence-corrected chi connectivity index (χ4v) is 1.64. The van der Waals surface area contributed by atoms with Crippen LogP contribution in [0.3, 0.4) is 0 Å². The highest BCUT2D eigenvalue weighted by Gasteiger charge is 2.22. The van der Waals surface area contributed by atoms with Crippen LogP contribution in [0.2, 0.25) is 0 Å². The van der Waals surface area contributed by atoms with E-state index in [0.29, 0.717) is 0 Å². The van der Waals surface area contributed by atoms with Gasteiger partial charge in [0.05, 0.1) is 13.2 Å². The van der Waals surface area contributed by atoms with Gasteiger partial charge in [0.1, 0.15) is 31.0 Å². The highest BCUT2D eigenvalue weighted by molar-refractivity contribution is 6.14. The summed E-state index contributed by atoms with van der Waals surface area (Å²) in [4.78, 5) is 24.1. The zero-order chi connectivity index (χ0) is 19.4. The smallest absolute Gasteiger partial charge is 0.345 e. The van der Waals surface area contributed by atoms with Crippen LogP contribution in [0.5, 0.6) is 0 Å². The Morgan fingerprint density at radius 3 is 1.88 bits per heavy atom. The Labute approximate surface area is 150 Å². The first-order valence-corrected chi connectivity index (χ1v) is 7.83. The number of hydrogen-bond acceptors (Lipinski definition) is 8. The summed E-state index contributed by atoms with van der Waals surface area (Å²) in [6, 6.07) is 9.11. The van der Waals surface area contributed by atoms with Gasteiger partial charge in [0.15, 0.2) is 0 Å². The lowest BCUT2D eigenvalue weighted by Crippen LogP contribution is -2.27. The molecule has 0 aromatic heterocycles. The second-order valence-corrected chi connectivity index (χ2v) is 5.22. The van der Waals surface area contributed by atoms with Crippen molar-refractivity contribution in [1.29, 1.82) is 0 Å². The molecule has 0 spiro atoms. The quantitative estimate of drug-likeness (QED) is 0.142. The van der Waals surface area contributed by atoms with E-state index in [2.05, 4.69) is 0 Å². The van der Waals surface area contributed by atoms with Crippen LogP contribution in [-0.4, -0.2) is 71.0 Å². The normalized spacial score (nSPS) is 13.1. The maximum Gasteiger partial charge on any atom is 0.345 e. The fraction of sp³-hybridized carbons (Fsp3) is 0.333. The Morgan fingerprint density at radius 2 is 1.42 bits per heavy atom. The predicted molar refractivity (Wildman–Crippen MR) is 91.7 cm³/mol. The minimum atomic E-state index is -1.27. The molecule has 1 aromatic rings. The first-order valence-electron chi connectivity index (χ1n) is 7.83. The molecule has 8 heteroatoms. The van der Waals surface area contributed by atoms with E-state index in [1.165, 1.54) is 12.2 Å². The Morgan fingerprint density at radius 1 is 0.923 bits per heavy atom. The molecule has 2 atom stereocenters. The van der Waals surface area contributed by atoms with E-state index < -0.39 is 56.1 Å². The molecule has 0 aliphatic carbocycles. The molecule has 4 N–H and O–H groups in total. The van der Waals surface area contributed by atoms with E-state index in [1.807, 2.05) is 30.3 Å². The van der Waals surface area contributed by atoms with E-state index in [4.69, 9.17) is 19.7 Å². The Hall–Kier alpha value is -2.52. The lowest BCUT2D eigenvalue weighted by Gasteiger charge is -2.12. The van der Waals surface area contributed by atoms with Crippen LogP contribution < -0.4 is 0 Å². The molecule has 0 fully saturated rings. The third-order valence-electron chi connectivity index (χ3n) is 3.03. The van der Waals surface area contributed by atoms with Gasteiger partial charge in [-0.2, -0.15) is 0 Å². The van der Waals surface area contributed by atoms with Crippen molar-refractivity contribution >= 4 is 18.0 Å². The molecule has 0 aliphatic heterocycles. The average molecular weight is 366 g/mol. The van der Waals surface area contributed by atoms with Crippen molar-refractivity contribution in [2.75, 3.05) is 26.4 Å². The number of carbonyl (C=O) groups is 2. The average Bonchev–Trinajstić information content (AvgIpc) is 2.67. The second-order valence-electron chi connectivity index (χ2n) is 5.22. The maximum atomic E-state index is 12.0. The minimum absolute atomic E-state index is 0.465. The predicted octanol–water partition coefficient (Wildman–Crippen LogP) is -0.581. The van der Waals surface area contributed by atoms with Gasteiger partial charge in [0, 0.05) is 0 Å². The summed E-state index contributed by atoms with van der Waals surface area (Å²) in [7, 11) is 0. The molecule has 0 heterocycles. The Bertz CT molecular complexity index is 595. The zero-order valence-electron chi connectivity index (χ0n) is 14.0. The molecule has 0 saturated heterocycles. The standard InChI is InChI=1S/C18H22O8/c19-9-14(21)11-25-17(23)16(18(24)26-12-15(22)10-20)8-4-7-13-5-2-1-3-6-13/h1-8,14-15,19-22H,9-12H2/b7-4+,16-8?. The first-order chi connectivity index (χ1) is 12.5. The Balaban J connectivity index is 2.85. The molecule has 0 saturated carbocycles. The van der Waals surface area contributed by atoms with Gasteiger partial charge in [0.2, 0.25) is 0 Å². The fourth-order valence-electron chi connectivity index (χ4n) is 1.64. The SMILES string of the molecule is O=C(OCC(O)CO)C(=C/C=C/c1ccccc1)C(=O)OCC(O)CO. The van der Waals surface area contributed by atoms with Gasteiger partial charge < -0.3 is 29.9 Å². The number of hydrogen-bond donors (Lipinski definition) is 4. The summed E-state index contributed by atoms with van der Waals surface area (Å²) in [5, 5.41) is 35.9. The van der Waals surface area contributed by atoms with Crippen LogP contribution in [0.25, 0.3) is 6.08 Å². The summed E-state index contributed by atoms with van der Waals surface area (Å²) in [6.07, 6.45) is 1.72. The third kappa shape index (κ3) is 8.04. The Kier molecular flexibility index (Phi) is 9.88. The highest BCUT2D eigenvalue weighted by Crippen LogP contribution is 2.07. The van der Waals surface area contributed by atoms with Crippen molar-refractivity contribution in [3.8, 4) is 0 Å². The summed E-state index contributed by atoms with van der Waals surface area (Å²) in [6.45, 7) is -2.20. The summed E-state index contributed by atoms with van der Waals surface area (Å²) in [5.41, 5.74) is 0.365. The molecule has 1 aromatic carbocycles. The van der Waals surface area contributed by atoms with Crippen molar-refractivity contribution in [2.24, 2.45) is 0 Å². The molecule has 2 unspecified atom stereocenters.